The van der Waals surface area contributed by atoms with Crippen LogP contribution in [0.15, 0.2) is 66.2 Å². The number of halogens is 1. The number of hydrogen-bond acceptors (Lipinski definition) is 4. The summed E-state index contributed by atoms with van der Waals surface area (Å²) in [7, 11) is 0. The maximum Gasteiger partial charge on any atom is 0.261 e. The smallest absolute Gasteiger partial charge is 0.261 e. The van der Waals surface area contributed by atoms with Crippen molar-refractivity contribution in [1.29, 1.82) is 0 Å². The van der Waals surface area contributed by atoms with E-state index >= 15 is 0 Å². The van der Waals surface area contributed by atoms with Gasteiger partial charge >= 0.3 is 0 Å². The van der Waals surface area contributed by atoms with Gasteiger partial charge in [-0.2, -0.15) is 0 Å². The molecule has 1 amide bonds. The molecular weight excluding hydrogens is 385 g/mol. The fourth-order valence-electron chi connectivity index (χ4n) is 3.97. The van der Waals surface area contributed by atoms with Gasteiger partial charge in [0.05, 0.1) is 16.6 Å². The number of piperidine rings is 1. The van der Waals surface area contributed by atoms with Gasteiger partial charge in [0, 0.05) is 19.3 Å². The fraction of sp³-hybridized carbons (Fsp3) is 0.304. The Morgan fingerprint density at radius 3 is 2.79 bits per heavy atom. The molecule has 1 N–H and O–H groups in total. The second-order valence-corrected chi connectivity index (χ2v) is 8.39. The molecule has 150 valence electrons. The van der Waals surface area contributed by atoms with Gasteiger partial charge in [-0.15, -0.1) is 11.3 Å². The van der Waals surface area contributed by atoms with Crippen molar-refractivity contribution in [3.05, 3.63) is 88.1 Å². The molecule has 29 heavy (non-hydrogen) atoms. The second-order valence-electron chi connectivity index (χ2n) is 7.45. The van der Waals surface area contributed by atoms with Crippen molar-refractivity contribution < 1.29 is 9.18 Å². The van der Waals surface area contributed by atoms with E-state index in [4.69, 9.17) is 0 Å². The number of benzene rings is 1. The summed E-state index contributed by atoms with van der Waals surface area (Å²) >= 11 is 1.44. The Kier molecular flexibility index (Phi) is 6.32. The Balaban J connectivity index is 1.50. The van der Waals surface area contributed by atoms with Gasteiger partial charge in [-0.3, -0.25) is 14.7 Å². The lowest BCUT2D eigenvalue weighted by molar-refractivity contribution is 0.0879. The minimum atomic E-state index is -0.211. The Labute approximate surface area is 174 Å². The van der Waals surface area contributed by atoms with Crippen LogP contribution in [0.1, 0.15) is 39.8 Å². The maximum absolute atomic E-state index is 13.2. The van der Waals surface area contributed by atoms with Gasteiger partial charge in [0.1, 0.15) is 5.82 Å². The number of carbonyl (C=O) groups excluding carboxylic acids is 1. The zero-order valence-corrected chi connectivity index (χ0v) is 16.9. The van der Waals surface area contributed by atoms with Gasteiger partial charge in [0.15, 0.2) is 0 Å². The number of nitrogens with one attached hydrogen (secondary N) is 1. The highest BCUT2D eigenvalue weighted by molar-refractivity contribution is 7.12. The monoisotopic (exact) mass is 409 g/mol. The zero-order valence-electron chi connectivity index (χ0n) is 16.1. The number of amides is 1. The largest absolute Gasteiger partial charge is 0.343 e. The van der Waals surface area contributed by atoms with Gasteiger partial charge in [0.2, 0.25) is 0 Å². The highest BCUT2D eigenvalue weighted by atomic mass is 32.1. The Bertz CT molecular complexity index is 915. The second kappa shape index (κ2) is 9.29. The molecule has 4 nitrogen and oxygen atoms in total. The van der Waals surface area contributed by atoms with Crippen LogP contribution in [0.25, 0.3) is 0 Å². The SMILES string of the molecule is O=C(NC(c1ccccn1)C1CCCN(Cc2ccc(F)cc2)C1)c1cccs1. The van der Waals surface area contributed by atoms with E-state index in [1.165, 1.54) is 23.5 Å². The number of thiophene rings is 1. The molecule has 2 unspecified atom stereocenters. The average molecular weight is 410 g/mol. The van der Waals surface area contributed by atoms with Crippen molar-refractivity contribution in [2.24, 2.45) is 5.92 Å². The molecule has 3 heterocycles. The van der Waals surface area contributed by atoms with Gasteiger partial charge in [-0.05, 0) is 66.6 Å². The number of rotatable bonds is 6. The average Bonchev–Trinajstić information content (AvgIpc) is 3.29. The summed E-state index contributed by atoms with van der Waals surface area (Å²) in [5.41, 5.74) is 2.00. The molecule has 1 saturated heterocycles. The first kappa shape index (κ1) is 19.7. The van der Waals surface area contributed by atoms with Crippen molar-refractivity contribution in [2.75, 3.05) is 13.1 Å². The van der Waals surface area contributed by atoms with Crippen LogP contribution < -0.4 is 5.32 Å². The molecule has 6 heteroatoms. The lowest BCUT2D eigenvalue weighted by Crippen LogP contribution is -2.42. The third kappa shape index (κ3) is 5.08. The van der Waals surface area contributed by atoms with Crippen molar-refractivity contribution in [3.63, 3.8) is 0 Å². The molecule has 4 rings (SSSR count). The van der Waals surface area contributed by atoms with Crippen LogP contribution in [-0.2, 0) is 6.54 Å². The molecule has 0 aliphatic carbocycles. The van der Waals surface area contributed by atoms with Gasteiger partial charge in [-0.25, -0.2) is 4.39 Å². The quantitative estimate of drug-likeness (QED) is 0.644. The van der Waals surface area contributed by atoms with E-state index < -0.39 is 0 Å². The number of pyridine rings is 1. The van der Waals surface area contributed by atoms with Gasteiger partial charge in [0.25, 0.3) is 5.91 Å². The van der Waals surface area contributed by atoms with Crippen LogP contribution in [0.2, 0.25) is 0 Å². The molecule has 1 aromatic carbocycles. The van der Waals surface area contributed by atoms with Gasteiger partial charge in [-0.1, -0.05) is 24.3 Å². The van der Waals surface area contributed by atoms with E-state index in [9.17, 15) is 9.18 Å². The van der Waals surface area contributed by atoms with Crippen LogP contribution in [0.4, 0.5) is 4.39 Å². The molecule has 2 aromatic heterocycles. The lowest BCUT2D eigenvalue weighted by Gasteiger charge is -2.37. The summed E-state index contributed by atoms with van der Waals surface area (Å²) in [5.74, 6) is 0.00565. The Hall–Kier alpha value is -2.57. The van der Waals surface area contributed by atoms with Crippen LogP contribution in [0, 0.1) is 11.7 Å². The third-order valence-electron chi connectivity index (χ3n) is 5.37. The predicted octanol–water partition coefficient (Wildman–Crippen LogP) is 4.67. The first-order chi connectivity index (χ1) is 14.2. The highest BCUT2D eigenvalue weighted by Crippen LogP contribution is 2.30. The number of aromatic nitrogens is 1. The van der Waals surface area contributed by atoms with E-state index in [1.54, 1.807) is 6.20 Å². The standard InChI is InChI=1S/C23H24FN3OS/c24-19-10-8-17(9-11-19)15-27-13-3-5-18(16-27)22(20-6-1-2-12-25-20)26-23(28)21-7-4-14-29-21/h1-2,4,6-12,14,18,22H,3,5,13,15-16H2,(H,26,28). The number of carbonyl (C=O) groups is 1. The lowest BCUT2D eigenvalue weighted by atomic mass is 9.88. The van der Waals surface area contributed by atoms with Crippen molar-refractivity contribution in [2.45, 2.75) is 25.4 Å². The fourth-order valence-corrected chi connectivity index (χ4v) is 4.60. The molecule has 1 aliphatic heterocycles. The molecule has 2 atom stereocenters. The van der Waals surface area contributed by atoms with Crippen LogP contribution >= 0.6 is 11.3 Å². The summed E-state index contributed by atoms with van der Waals surface area (Å²) < 4.78 is 13.2. The van der Waals surface area contributed by atoms with Gasteiger partial charge < -0.3 is 5.32 Å². The van der Waals surface area contributed by atoms with Crippen molar-refractivity contribution >= 4 is 17.2 Å². The maximum atomic E-state index is 13.2. The van der Waals surface area contributed by atoms with Crippen LogP contribution in [0.5, 0.6) is 0 Å². The first-order valence-electron chi connectivity index (χ1n) is 9.91. The minimum absolute atomic E-state index is 0.0497. The zero-order chi connectivity index (χ0) is 20.1. The van der Waals surface area contributed by atoms with Crippen molar-refractivity contribution in [1.82, 2.24) is 15.2 Å². The summed E-state index contributed by atoms with van der Waals surface area (Å²) in [6.45, 7) is 2.65. The first-order valence-corrected chi connectivity index (χ1v) is 10.8. The number of hydrogen-bond donors (Lipinski definition) is 1. The third-order valence-corrected chi connectivity index (χ3v) is 6.24. The Morgan fingerprint density at radius 2 is 2.07 bits per heavy atom. The van der Waals surface area contributed by atoms with E-state index in [1.807, 2.05) is 47.8 Å². The Morgan fingerprint density at radius 1 is 1.21 bits per heavy atom. The minimum Gasteiger partial charge on any atom is -0.343 e. The van der Waals surface area contributed by atoms with Crippen LogP contribution in [0.3, 0.4) is 0 Å². The molecule has 0 saturated carbocycles. The number of likely N-dealkylation sites (tertiary alicyclic amines) is 1. The number of nitrogens with zero attached hydrogens (tertiary/aromatic N) is 2. The summed E-state index contributed by atoms with van der Waals surface area (Å²) in [5, 5.41) is 5.14. The van der Waals surface area contributed by atoms with E-state index in [0.717, 1.165) is 43.7 Å². The summed E-state index contributed by atoms with van der Waals surface area (Å²) in [4.78, 5) is 20.4. The molecular formula is C23H24FN3OS. The van der Waals surface area contributed by atoms with E-state index in [0.29, 0.717) is 4.88 Å². The molecule has 1 aliphatic rings. The highest BCUT2D eigenvalue weighted by Gasteiger charge is 2.30. The summed E-state index contributed by atoms with van der Waals surface area (Å²) in [6.07, 6.45) is 3.87. The topological polar surface area (TPSA) is 45.2 Å². The van der Waals surface area contributed by atoms with Crippen molar-refractivity contribution in [3.8, 4) is 0 Å². The molecule has 0 bridgehead atoms. The predicted molar refractivity (Wildman–Crippen MR) is 113 cm³/mol. The van der Waals surface area contributed by atoms with E-state index in [2.05, 4.69) is 15.2 Å². The summed E-state index contributed by atoms with van der Waals surface area (Å²) in [6, 6.07) is 16.1. The molecule has 3 aromatic rings. The normalized spacial score (nSPS) is 18.3. The van der Waals surface area contributed by atoms with E-state index in [-0.39, 0.29) is 23.7 Å². The molecule has 0 spiro atoms. The van der Waals surface area contributed by atoms with Crippen LogP contribution in [-0.4, -0.2) is 28.9 Å². The molecule has 0 radical (unpaired) electrons. The molecule has 1 fully saturated rings.